The summed E-state index contributed by atoms with van der Waals surface area (Å²) in [6, 6.07) is 13.7. The number of hydrogen-bond acceptors (Lipinski definition) is 5. The first-order chi connectivity index (χ1) is 13.2. The number of H-pyrrole nitrogens is 1. The van der Waals surface area contributed by atoms with Gasteiger partial charge in [-0.15, -0.1) is 5.10 Å². The summed E-state index contributed by atoms with van der Waals surface area (Å²) in [5, 5.41) is 12.4. The number of nitrogens with one attached hydrogen (secondary N) is 2. The molecule has 0 aliphatic carbocycles. The van der Waals surface area contributed by atoms with Gasteiger partial charge in [-0.3, -0.25) is 15.2 Å². The van der Waals surface area contributed by atoms with Crippen LogP contribution in [0.2, 0.25) is 0 Å². The SMILES string of the molecule is Cc1c(C(=O)Nc2n[nH]c(-c3ccoc3)n2)oc2c1ccc1ccccc12. The molecular weight excluding hydrogens is 344 g/mol. The third-order valence-electron chi connectivity index (χ3n) is 4.54. The van der Waals surface area contributed by atoms with Gasteiger partial charge in [0.1, 0.15) is 11.8 Å². The van der Waals surface area contributed by atoms with Crippen LogP contribution < -0.4 is 5.32 Å². The highest BCUT2D eigenvalue weighted by Crippen LogP contribution is 2.32. The Balaban J connectivity index is 1.51. The van der Waals surface area contributed by atoms with Gasteiger partial charge in [0.25, 0.3) is 5.91 Å². The summed E-state index contributed by atoms with van der Waals surface area (Å²) in [6.07, 6.45) is 3.08. The Morgan fingerprint density at radius 3 is 2.85 bits per heavy atom. The first kappa shape index (κ1) is 15.4. The van der Waals surface area contributed by atoms with Crippen LogP contribution in [0.15, 0.2) is 63.8 Å². The van der Waals surface area contributed by atoms with Crippen molar-refractivity contribution in [1.82, 2.24) is 15.2 Å². The highest BCUT2D eigenvalue weighted by Gasteiger charge is 2.20. The predicted octanol–water partition coefficient (Wildman–Crippen LogP) is 4.52. The van der Waals surface area contributed by atoms with E-state index in [-0.39, 0.29) is 11.7 Å². The van der Waals surface area contributed by atoms with Crippen LogP contribution in [0.5, 0.6) is 0 Å². The second kappa shape index (κ2) is 5.84. The first-order valence-corrected chi connectivity index (χ1v) is 8.38. The van der Waals surface area contributed by atoms with E-state index in [4.69, 9.17) is 8.83 Å². The molecule has 7 nitrogen and oxygen atoms in total. The zero-order valence-corrected chi connectivity index (χ0v) is 14.3. The zero-order valence-electron chi connectivity index (χ0n) is 14.3. The number of amides is 1. The lowest BCUT2D eigenvalue weighted by atomic mass is 10.1. The van der Waals surface area contributed by atoms with Crippen molar-refractivity contribution in [3.8, 4) is 11.4 Å². The van der Waals surface area contributed by atoms with Gasteiger partial charge in [0.2, 0.25) is 5.95 Å². The standard InChI is InChI=1S/C20H14N4O3/c1-11-14-7-6-12-4-2-3-5-15(12)17(14)27-16(11)19(25)22-20-21-18(23-24-20)13-8-9-26-10-13/h2-10H,1H3,(H2,21,22,23,24,25). The van der Waals surface area contributed by atoms with E-state index in [2.05, 4.69) is 20.5 Å². The quantitative estimate of drug-likeness (QED) is 0.494. The van der Waals surface area contributed by atoms with Crippen molar-refractivity contribution in [2.24, 2.45) is 0 Å². The number of rotatable bonds is 3. The lowest BCUT2D eigenvalue weighted by Crippen LogP contribution is -2.13. The van der Waals surface area contributed by atoms with E-state index in [0.717, 1.165) is 27.3 Å². The molecule has 7 heteroatoms. The third kappa shape index (κ3) is 2.48. The van der Waals surface area contributed by atoms with Crippen molar-refractivity contribution in [3.63, 3.8) is 0 Å². The maximum Gasteiger partial charge on any atom is 0.294 e. The highest BCUT2D eigenvalue weighted by molar-refractivity contribution is 6.11. The van der Waals surface area contributed by atoms with Gasteiger partial charge in [0.15, 0.2) is 11.6 Å². The van der Waals surface area contributed by atoms with Crippen molar-refractivity contribution in [2.45, 2.75) is 6.92 Å². The van der Waals surface area contributed by atoms with Gasteiger partial charge in [-0.25, -0.2) is 0 Å². The molecule has 5 aromatic rings. The van der Waals surface area contributed by atoms with Crippen LogP contribution in [0.4, 0.5) is 5.95 Å². The Hall–Kier alpha value is -3.87. The molecule has 1 amide bonds. The number of aromatic nitrogens is 3. The first-order valence-electron chi connectivity index (χ1n) is 8.38. The van der Waals surface area contributed by atoms with Crippen molar-refractivity contribution in [2.75, 3.05) is 5.32 Å². The molecule has 0 unspecified atom stereocenters. The molecule has 27 heavy (non-hydrogen) atoms. The number of benzene rings is 2. The molecule has 0 saturated carbocycles. The largest absolute Gasteiger partial charge is 0.472 e. The van der Waals surface area contributed by atoms with E-state index >= 15 is 0 Å². The minimum absolute atomic E-state index is 0.168. The van der Waals surface area contributed by atoms with E-state index in [1.54, 1.807) is 12.3 Å². The molecule has 0 atom stereocenters. The summed E-state index contributed by atoms with van der Waals surface area (Å²) >= 11 is 0. The lowest BCUT2D eigenvalue weighted by Gasteiger charge is -1.98. The predicted molar refractivity (Wildman–Crippen MR) is 100 cm³/mol. The average Bonchev–Trinajstić information content (AvgIpc) is 3.42. The van der Waals surface area contributed by atoms with Crippen LogP contribution in [-0.2, 0) is 0 Å². The fraction of sp³-hybridized carbons (Fsp3) is 0.0500. The van der Waals surface area contributed by atoms with Crippen molar-refractivity contribution in [3.05, 3.63) is 66.3 Å². The summed E-state index contributed by atoms with van der Waals surface area (Å²) in [6.45, 7) is 1.87. The topological polar surface area (TPSA) is 97.0 Å². The van der Waals surface area contributed by atoms with Gasteiger partial charge < -0.3 is 8.83 Å². The number of aromatic amines is 1. The fourth-order valence-corrected chi connectivity index (χ4v) is 3.17. The number of hydrogen-bond donors (Lipinski definition) is 2. The van der Waals surface area contributed by atoms with Gasteiger partial charge in [0, 0.05) is 16.3 Å². The van der Waals surface area contributed by atoms with Crippen LogP contribution in [0.1, 0.15) is 16.1 Å². The van der Waals surface area contributed by atoms with E-state index in [1.165, 1.54) is 6.26 Å². The van der Waals surface area contributed by atoms with Crippen molar-refractivity contribution in [1.29, 1.82) is 0 Å². The number of aryl methyl sites for hydroxylation is 1. The van der Waals surface area contributed by atoms with Gasteiger partial charge in [0.05, 0.1) is 11.8 Å². The second-order valence-corrected chi connectivity index (χ2v) is 6.19. The number of anilines is 1. The van der Waals surface area contributed by atoms with Crippen molar-refractivity contribution < 1.29 is 13.6 Å². The number of carbonyl (C=O) groups is 1. The van der Waals surface area contributed by atoms with Crippen LogP contribution in [0.3, 0.4) is 0 Å². The highest BCUT2D eigenvalue weighted by atomic mass is 16.3. The molecule has 3 heterocycles. The van der Waals surface area contributed by atoms with Gasteiger partial charge in [-0.2, -0.15) is 4.98 Å². The van der Waals surface area contributed by atoms with Gasteiger partial charge in [-0.1, -0.05) is 36.4 Å². The molecule has 0 aliphatic rings. The van der Waals surface area contributed by atoms with E-state index in [9.17, 15) is 4.79 Å². The summed E-state index contributed by atoms with van der Waals surface area (Å²) in [5.41, 5.74) is 2.22. The molecule has 2 aromatic carbocycles. The maximum absolute atomic E-state index is 12.7. The van der Waals surface area contributed by atoms with E-state index < -0.39 is 5.91 Å². The maximum atomic E-state index is 12.7. The number of fused-ring (bicyclic) bond motifs is 3. The van der Waals surface area contributed by atoms with Crippen LogP contribution in [0.25, 0.3) is 33.1 Å². The summed E-state index contributed by atoms with van der Waals surface area (Å²) < 4.78 is 11.0. The Morgan fingerprint density at radius 1 is 1.11 bits per heavy atom. The lowest BCUT2D eigenvalue weighted by molar-refractivity contribution is 0.0997. The molecule has 0 fully saturated rings. The molecule has 0 spiro atoms. The van der Waals surface area contributed by atoms with Gasteiger partial charge >= 0.3 is 0 Å². The smallest absolute Gasteiger partial charge is 0.294 e. The molecule has 3 aromatic heterocycles. The van der Waals surface area contributed by atoms with Crippen LogP contribution in [-0.4, -0.2) is 21.1 Å². The Morgan fingerprint density at radius 2 is 2.00 bits per heavy atom. The number of furan rings is 2. The minimum Gasteiger partial charge on any atom is -0.472 e. The molecule has 0 saturated heterocycles. The summed E-state index contributed by atoms with van der Waals surface area (Å²) in [4.78, 5) is 17.0. The summed E-state index contributed by atoms with van der Waals surface area (Å²) in [7, 11) is 0. The number of nitrogens with zero attached hydrogens (tertiary/aromatic N) is 2. The Labute approximate surface area is 153 Å². The molecule has 132 valence electrons. The van der Waals surface area contributed by atoms with Crippen LogP contribution in [0, 0.1) is 6.92 Å². The molecular formula is C20H14N4O3. The second-order valence-electron chi connectivity index (χ2n) is 6.19. The molecule has 0 radical (unpaired) electrons. The summed E-state index contributed by atoms with van der Waals surface area (Å²) in [5.74, 6) is 0.522. The van der Waals surface area contributed by atoms with Gasteiger partial charge in [-0.05, 0) is 18.4 Å². The fourth-order valence-electron chi connectivity index (χ4n) is 3.17. The zero-order chi connectivity index (χ0) is 18.4. The van der Waals surface area contributed by atoms with E-state index in [0.29, 0.717) is 11.4 Å². The van der Waals surface area contributed by atoms with Crippen molar-refractivity contribution >= 4 is 33.6 Å². The average molecular weight is 358 g/mol. The van der Waals surface area contributed by atoms with E-state index in [1.807, 2.05) is 43.3 Å². The number of carbonyl (C=O) groups excluding carboxylic acids is 1. The minimum atomic E-state index is -0.398. The molecule has 0 bridgehead atoms. The Bertz CT molecular complexity index is 1280. The third-order valence-corrected chi connectivity index (χ3v) is 4.54. The molecule has 0 aliphatic heterocycles. The monoisotopic (exact) mass is 358 g/mol. The molecule has 5 rings (SSSR count). The normalized spacial score (nSPS) is 11.3. The van der Waals surface area contributed by atoms with Crippen LogP contribution >= 0.6 is 0 Å². The molecule has 2 N–H and O–H groups in total. The Kier molecular flexibility index (Phi) is 3.33.